The summed E-state index contributed by atoms with van der Waals surface area (Å²) in [6, 6.07) is 5.15. The van der Waals surface area contributed by atoms with Gasteiger partial charge in [0, 0.05) is 5.02 Å². The van der Waals surface area contributed by atoms with Crippen LogP contribution in [0.5, 0.6) is 5.75 Å². The molecule has 1 aromatic rings. The molecule has 21 heavy (non-hydrogen) atoms. The van der Waals surface area contributed by atoms with Gasteiger partial charge >= 0.3 is 0 Å². The van der Waals surface area contributed by atoms with Crippen LogP contribution in [0.15, 0.2) is 47.6 Å². The molecular weight excluding hydrogens is 280 g/mol. The van der Waals surface area contributed by atoms with E-state index in [1.54, 1.807) is 12.1 Å². The number of rotatable bonds is 2. The van der Waals surface area contributed by atoms with Crippen LogP contribution in [0.1, 0.15) is 52.5 Å². The highest BCUT2D eigenvalue weighted by Crippen LogP contribution is 2.33. The fourth-order valence-corrected chi connectivity index (χ4v) is 2.81. The number of aromatic hydroxyl groups is 1. The molecule has 1 saturated carbocycles. The van der Waals surface area contributed by atoms with Crippen molar-refractivity contribution in [2.24, 2.45) is 0 Å². The maximum absolute atomic E-state index is 9.59. The monoisotopic (exact) mass is 304 g/mol. The minimum Gasteiger partial charge on any atom is -0.508 e. The molecule has 0 radical (unpaired) electrons. The zero-order chi connectivity index (χ0) is 16.0. The quantitative estimate of drug-likeness (QED) is 0.658. The number of phenolic OH excluding ortho intramolecular Hbond substituents is 1. The molecule has 1 aromatic carbocycles. The van der Waals surface area contributed by atoms with E-state index >= 15 is 0 Å². The maximum Gasteiger partial charge on any atom is 0.117 e. The fraction of sp³-hybridized carbons (Fsp3) is 0.368. The predicted octanol–water partition coefficient (Wildman–Crippen LogP) is 6.53. The molecule has 0 spiro atoms. The summed E-state index contributed by atoms with van der Waals surface area (Å²) in [5.74, 6) is 0.200. The SMILES string of the molecule is C=C1CCC/C1=C(C)/C=C(\C)c1cc(O)cc(Cl)c1.CC. The summed E-state index contributed by atoms with van der Waals surface area (Å²) >= 11 is 5.97. The van der Waals surface area contributed by atoms with Crippen molar-refractivity contribution in [1.29, 1.82) is 0 Å². The van der Waals surface area contributed by atoms with Gasteiger partial charge in [-0.2, -0.15) is 0 Å². The fourth-order valence-electron chi connectivity index (χ4n) is 2.58. The van der Waals surface area contributed by atoms with E-state index in [1.807, 2.05) is 26.8 Å². The van der Waals surface area contributed by atoms with Crippen molar-refractivity contribution in [3.8, 4) is 5.75 Å². The first kappa shape index (κ1) is 17.6. The van der Waals surface area contributed by atoms with Crippen LogP contribution in [-0.2, 0) is 0 Å². The molecule has 1 aliphatic rings. The number of hydrogen-bond donors (Lipinski definition) is 1. The first-order valence-corrected chi connectivity index (χ1v) is 7.91. The number of hydrogen-bond acceptors (Lipinski definition) is 1. The van der Waals surface area contributed by atoms with Gasteiger partial charge in [0.1, 0.15) is 5.75 Å². The Balaban J connectivity index is 0.00000106. The van der Waals surface area contributed by atoms with E-state index < -0.39 is 0 Å². The number of halogens is 1. The van der Waals surface area contributed by atoms with Crippen molar-refractivity contribution in [3.63, 3.8) is 0 Å². The Kier molecular flexibility index (Phi) is 6.77. The van der Waals surface area contributed by atoms with Crippen molar-refractivity contribution in [2.45, 2.75) is 47.0 Å². The summed E-state index contributed by atoms with van der Waals surface area (Å²) in [5.41, 5.74) is 5.96. The van der Waals surface area contributed by atoms with Gasteiger partial charge in [-0.05, 0) is 73.6 Å². The molecule has 2 heteroatoms. The molecule has 0 bridgehead atoms. The zero-order valence-corrected chi connectivity index (χ0v) is 14.2. The van der Waals surface area contributed by atoms with E-state index in [9.17, 15) is 5.11 Å². The minimum absolute atomic E-state index is 0.200. The van der Waals surface area contributed by atoms with E-state index in [0.717, 1.165) is 24.0 Å². The van der Waals surface area contributed by atoms with Crippen LogP contribution < -0.4 is 0 Å². The second kappa shape index (κ2) is 8.09. The second-order valence-corrected chi connectivity index (χ2v) is 5.58. The normalized spacial score (nSPS) is 17.4. The number of allylic oxidation sites excluding steroid dienone is 5. The lowest BCUT2D eigenvalue weighted by atomic mass is 10.00. The molecule has 1 N–H and O–H groups in total. The summed E-state index contributed by atoms with van der Waals surface area (Å²) in [6.45, 7) is 12.3. The third kappa shape index (κ3) is 4.78. The van der Waals surface area contributed by atoms with Crippen LogP contribution >= 0.6 is 11.6 Å². The predicted molar refractivity (Wildman–Crippen MR) is 93.8 cm³/mol. The Labute approximate surface area is 133 Å². The summed E-state index contributed by atoms with van der Waals surface area (Å²) in [5, 5.41) is 10.1. The van der Waals surface area contributed by atoms with Crippen molar-refractivity contribution in [1.82, 2.24) is 0 Å². The van der Waals surface area contributed by atoms with Gasteiger partial charge < -0.3 is 5.11 Å². The van der Waals surface area contributed by atoms with Crippen LogP contribution in [0.4, 0.5) is 0 Å². The van der Waals surface area contributed by atoms with Crippen molar-refractivity contribution < 1.29 is 5.11 Å². The summed E-state index contributed by atoms with van der Waals surface area (Å²) in [4.78, 5) is 0. The maximum atomic E-state index is 9.59. The molecule has 0 atom stereocenters. The smallest absolute Gasteiger partial charge is 0.117 e. The molecule has 114 valence electrons. The van der Waals surface area contributed by atoms with Crippen molar-refractivity contribution >= 4 is 17.2 Å². The highest BCUT2D eigenvalue weighted by Gasteiger charge is 2.13. The largest absolute Gasteiger partial charge is 0.508 e. The second-order valence-electron chi connectivity index (χ2n) is 5.14. The van der Waals surface area contributed by atoms with Crippen LogP contribution in [0, 0.1) is 0 Å². The van der Waals surface area contributed by atoms with Gasteiger partial charge in [-0.15, -0.1) is 0 Å². The Bertz CT molecular complexity index is 559. The molecule has 0 aliphatic heterocycles. The summed E-state index contributed by atoms with van der Waals surface area (Å²) in [6.07, 6.45) is 5.58. The van der Waals surface area contributed by atoms with Crippen LogP contribution in [-0.4, -0.2) is 5.11 Å². The minimum atomic E-state index is 0.200. The molecule has 0 amide bonds. The lowest BCUT2D eigenvalue weighted by Crippen LogP contribution is -1.85. The highest BCUT2D eigenvalue weighted by molar-refractivity contribution is 6.30. The van der Waals surface area contributed by atoms with E-state index in [1.165, 1.54) is 23.1 Å². The van der Waals surface area contributed by atoms with Crippen LogP contribution in [0.25, 0.3) is 5.57 Å². The molecule has 0 heterocycles. The molecule has 1 nitrogen and oxygen atoms in total. The third-order valence-corrected chi connectivity index (χ3v) is 3.80. The molecule has 1 fully saturated rings. The van der Waals surface area contributed by atoms with Crippen LogP contribution in [0.2, 0.25) is 5.02 Å². The van der Waals surface area contributed by atoms with E-state index in [2.05, 4.69) is 19.6 Å². The van der Waals surface area contributed by atoms with E-state index in [0.29, 0.717) is 5.02 Å². The topological polar surface area (TPSA) is 20.2 Å². The Morgan fingerprint density at radius 3 is 2.38 bits per heavy atom. The third-order valence-electron chi connectivity index (χ3n) is 3.58. The average molecular weight is 305 g/mol. The van der Waals surface area contributed by atoms with Gasteiger partial charge in [0.25, 0.3) is 0 Å². The average Bonchev–Trinajstić information content (AvgIpc) is 2.86. The van der Waals surface area contributed by atoms with Crippen LogP contribution in [0.3, 0.4) is 0 Å². The number of benzene rings is 1. The Morgan fingerprint density at radius 2 is 1.86 bits per heavy atom. The first-order valence-electron chi connectivity index (χ1n) is 7.53. The van der Waals surface area contributed by atoms with E-state index in [-0.39, 0.29) is 5.75 Å². The van der Waals surface area contributed by atoms with Crippen molar-refractivity contribution in [2.75, 3.05) is 0 Å². The zero-order valence-electron chi connectivity index (χ0n) is 13.5. The van der Waals surface area contributed by atoms with Gasteiger partial charge in [-0.1, -0.05) is 43.7 Å². The van der Waals surface area contributed by atoms with Gasteiger partial charge in [0.05, 0.1) is 0 Å². The lowest BCUT2D eigenvalue weighted by molar-refractivity contribution is 0.475. The summed E-state index contributed by atoms with van der Waals surface area (Å²) in [7, 11) is 0. The lowest BCUT2D eigenvalue weighted by Gasteiger charge is -2.07. The number of phenols is 1. The van der Waals surface area contributed by atoms with Gasteiger partial charge in [0.2, 0.25) is 0 Å². The van der Waals surface area contributed by atoms with Gasteiger partial charge in [0.15, 0.2) is 0 Å². The standard InChI is InChI=1S/C17H19ClO.C2H6/c1-11-5-4-6-17(11)13(3)7-12(2)14-8-15(18)10-16(19)9-14;1-2/h7-10,19H,1,4-6H2,2-3H3;1-2H3/b12-7+,17-13-;. The van der Waals surface area contributed by atoms with Crippen molar-refractivity contribution in [3.05, 3.63) is 58.2 Å². The Morgan fingerprint density at radius 1 is 1.19 bits per heavy atom. The molecule has 0 saturated heterocycles. The highest BCUT2D eigenvalue weighted by atomic mass is 35.5. The van der Waals surface area contributed by atoms with Gasteiger partial charge in [-0.3, -0.25) is 0 Å². The molecule has 2 rings (SSSR count). The molecular formula is C19H25ClO. The molecule has 1 aliphatic carbocycles. The van der Waals surface area contributed by atoms with E-state index in [4.69, 9.17) is 11.6 Å². The molecule has 0 aromatic heterocycles. The molecule has 0 unspecified atom stereocenters. The summed E-state index contributed by atoms with van der Waals surface area (Å²) < 4.78 is 0. The first-order chi connectivity index (χ1) is 9.97. The Hall–Kier alpha value is -1.47. The van der Waals surface area contributed by atoms with Gasteiger partial charge in [-0.25, -0.2) is 0 Å².